The molecule has 1 aliphatic heterocycles. The van der Waals surface area contributed by atoms with Crippen LogP contribution in [-0.4, -0.2) is 45.5 Å². The first-order valence-electron chi connectivity index (χ1n) is 5.23. The quantitative estimate of drug-likeness (QED) is 0.653. The number of carbonyl (C=O) groups excluding carboxylic acids is 1. The first kappa shape index (κ1) is 12.4. The smallest absolute Gasteiger partial charge is 0.325 e. The fraction of sp³-hybridized carbons (Fsp3) is 0.900. The maximum absolute atomic E-state index is 11.3. The molecule has 0 aromatic carbocycles. The lowest BCUT2D eigenvalue weighted by molar-refractivity contribution is -0.148. The summed E-state index contributed by atoms with van der Waals surface area (Å²) in [5.74, 6) is 0.0285. The summed E-state index contributed by atoms with van der Waals surface area (Å²) in [6, 6.07) is -0.671. The second kappa shape index (κ2) is 6.76. The van der Waals surface area contributed by atoms with Gasteiger partial charge in [-0.15, -0.1) is 0 Å². The average molecular weight is 217 g/mol. The van der Waals surface area contributed by atoms with Crippen LogP contribution in [0.4, 0.5) is 0 Å². The Morgan fingerprint density at radius 3 is 2.80 bits per heavy atom. The van der Waals surface area contributed by atoms with Crippen molar-refractivity contribution in [2.24, 2.45) is 11.7 Å². The molecule has 0 aliphatic carbocycles. The third-order valence-corrected chi connectivity index (χ3v) is 2.45. The van der Waals surface area contributed by atoms with E-state index in [1.807, 2.05) is 0 Å². The molecule has 0 bridgehead atoms. The van der Waals surface area contributed by atoms with E-state index in [4.69, 9.17) is 19.9 Å². The van der Waals surface area contributed by atoms with Crippen molar-refractivity contribution >= 4 is 5.97 Å². The monoisotopic (exact) mass is 217 g/mol. The molecule has 1 rings (SSSR count). The Hall–Kier alpha value is -0.650. The molecular weight excluding hydrogens is 198 g/mol. The topological polar surface area (TPSA) is 70.8 Å². The van der Waals surface area contributed by atoms with Crippen molar-refractivity contribution in [1.29, 1.82) is 0 Å². The summed E-state index contributed by atoms with van der Waals surface area (Å²) < 4.78 is 15.1. The molecule has 5 nitrogen and oxygen atoms in total. The summed E-state index contributed by atoms with van der Waals surface area (Å²) in [6.07, 6.45) is 1.90. The van der Waals surface area contributed by atoms with Crippen LogP contribution < -0.4 is 5.73 Å². The maximum atomic E-state index is 11.3. The molecule has 0 aromatic heterocycles. The number of carbonyl (C=O) groups is 1. The average Bonchev–Trinajstić information content (AvgIpc) is 2.27. The van der Waals surface area contributed by atoms with E-state index in [2.05, 4.69) is 0 Å². The van der Waals surface area contributed by atoms with Gasteiger partial charge >= 0.3 is 5.97 Å². The Kier molecular flexibility index (Phi) is 5.60. The van der Waals surface area contributed by atoms with Crippen LogP contribution in [0.25, 0.3) is 0 Å². The summed E-state index contributed by atoms with van der Waals surface area (Å²) in [5.41, 5.74) is 5.52. The number of hydrogen-bond donors (Lipinski definition) is 1. The minimum Gasteiger partial charge on any atom is -0.464 e. The molecule has 1 heterocycles. The van der Waals surface area contributed by atoms with Crippen molar-refractivity contribution in [2.45, 2.75) is 18.9 Å². The molecule has 1 atom stereocenters. The number of nitrogens with two attached hydrogens (primary N) is 1. The van der Waals surface area contributed by atoms with Gasteiger partial charge in [-0.25, -0.2) is 0 Å². The SMILES string of the molecule is COCC(N)C(=O)OCC1CCOCC1. The van der Waals surface area contributed by atoms with Crippen LogP contribution in [0.1, 0.15) is 12.8 Å². The summed E-state index contributed by atoms with van der Waals surface area (Å²) in [6.45, 7) is 2.16. The van der Waals surface area contributed by atoms with Gasteiger partial charge in [0.25, 0.3) is 0 Å². The minimum atomic E-state index is -0.671. The molecule has 1 aliphatic rings. The Bertz CT molecular complexity index is 192. The summed E-state index contributed by atoms with van der Waals surface area (Å²) in [4.78, 5) is 11.3. The minimum absolute atomic E-state index is 0.201. The van der Waals surface area contributed by atoms with Gasteiger partial charge in [-0.2, -0.15) is 0 Å². The fourth-order valence-corrected chi connectivity index (χ4v) is 1.47. The second-order valence-corrected chi connectivity index (χ2v) is 3.75. The lowest BCUT2D eigenvalue weighted by atomic mass is 10.0. The lowest BCUT2D eigenvalue weighted by Gasteiger charge is -2.22. The van der Waals surface area contributed by atoms with Gasteiger partial charge in [-0.3, -0.25) is 4.79 Å². The normalized spacial score (nSPS) is 19.9. The van der Waals surface area contributed by atoms with E-state index in [-0.39, 0.29) is 12.6 Å². The van der Waals surface area contributed by atoms with Gasteiger partial charge in [0.2, 0.25) is 0 Å². The van der Waals surface area contributed by atoms with E-state index >= 15 is 0 Å². The van der Waals surface area contributed by atoms with Crippen LogP contribution in [0, 0.1) is 5.92 Å². The van der Waals surface area contributed by atoms with E-state index in [9.17, 15) is 4.79 Å². The second-order valence-electron chi connectivity index (χ2n) is 3.75. The van der Waals surface area contributed by atoms with E-state index in [0.717, 1.165) is 26.1 Å². The highest BCUT2D eigenvalue weighted by Crippen LogP contribution is 2.14. The molecule has 0 spiro atoms. The fourth-order valence-electron chi connectivity index (χ4n) is 1.47. The van der Waals surface area contributed by atoms with E-state index < -0.39 is 6.04 Å². The van der Waals surface area contributed by atoms with Crippen LogP contribution >= 0.6 is 0 Å². The van der Waals surface area contributed by atoms with Crippen LogP contribution in [0.15, 0.2) is 0 Å². The largest absolute Gasteiger partial charge is 0.464 e. The molecule has 15 heavy (non-hydrogen) atoms. The molecule has 2 N–H and O–H groups in total. The molecule has 0 saturated carbocycles. The zero-order valence-corrected chi connectivity index (χ0v) is 9.11. The van der Waals surface area contributed by atoms with Crippen molar-refractivity contribution in [2.75, 3.05) is 33.5 Å². The van der Waals surface area contributed by atoms with Crippen molar-refractivity contribution in [3.63, 3.8) is 0 Å². The maximum Gasteiger partial charge on any atom is 0.325 e. The number of ether oxygens (including phenoxy) is 3. The summed E-state index contributed by atoms with van der Waals surface area (Å²) in [7, 11) is 1.51. The van der Waals surface area contributed by atoms with Crippen molar-refractivity contribution in [1.82, 2.24) is 0 Å². The summed E-state index contributed by atoms with van der Waals surface area (Å²) in [5, 5.41) is 0. The highest BCUT2D eigenvalue weighted by Gasteiger charge is 2.19. The van der Waals surface area contributed by atoms with Crippen molar-refractivity contribution in [3.8, 4) is 0 Å². The Balaban J connectivity index is 2.14. The third kappa shape index (κ3) is 4.59. The van der Waals surface area contributed by atoms with Crippen LogP contribution in [0.2, 0.25) is 0 Å². The first-order valence-corrected chi connectivity index (χ1v) is 5.23. The van der Waals surface area contributed by atoms with Crippen LogP contribution in [-0.2, 0) is 19.0 Å². The molecule has 5 heteroatoms. The third-order valence-electron chi connectivity index (χ3n) is 2.45. The van der Waals surface area contributed by atoms with Gasteiger partial charge in [-0.1, -0.05) is 0 Å². The molecule has 1 unspecified atom stereocenters. The molecule has 0 radical (unpaired) electrons. The predicted molar refractivity (Wildman–Crippen MR) is 54.4 cm³/mol. The van der Waals surface area contributed by atoms with E-state index in [0.29, 0.717) is 12.5 Å². The number of rotatable bonds is 5. The zero-order chi connectivity index (χ0) is 11.1. The Morgan fingerprint density at radius 2 is 2.20 bits per heavy atom. The van der Waals surface area contributed by atoms with Gasteiger partial charge in [-0.05, 0) is 18.8 Å². The predicted octanol–water partition coefficient (Wildman–Crippen LogP) is -0.0701. The van der Waals surface area contributed by atoms with Crippen molar-refractivity contribution < 1.29 is 19.0 Å². The first-order chi connectivity index (χ1) is 7.24. The van der Waals surface area contributed by atoms with Gasteiger partial charge in [0.05, 0.1) is 13.2 Å². The van der Waals surface area contributed by atoms with E-state index in [1.165, 1.54) is 7.11 Å². The number of hydrogen-bond acceptors (Lipinski definition) is 5. The Morgan fingerprint density at radius 1 is 1.53 bits per heavy atom. The van der Waals surface area contributed by atoms with Crippen molar-refractivity contribution in [3.05, 3.63) is 0 Å². The van der Waals surface area contributed by atoms with Gasteiger partial charge in [0.15, 0.2) is 0 Å². The lowest BCUT2D eigenvalue weighted by Crippen LogP contribution is -2.37. The molecule has 0 amide bonds. The van der Waals surface area contributed by atoms with Gasteiger partial charge in [0.1, 0.15) is 6.04 Å². The zero-order valence-electron chi connectivity index (χ0n) is 9.11. The molecule has 88 valence electrons. The van der Waals surface area contributed by atoms with Crippen LogP contribution in [0.5, 0.6) is 0 Å². The highest BCUT2D eigenvalue weighted by molar-refractivity contribution is 5.75. The Labute approximate surface area is 89.9 Å². The molecular formula is C10H19NO4. The standard InChI is InChI=1S/C10H19NO4/c1-13-7-9(11)10(12)15-6-8-2-4-14-5-3-8/h8-9H,2-7,11H2,1H3. The highest BCUT2D eigenvalue weighted by atomic mass is 16.5. The number of methoxy groups -OCH3 is 1. The van der Waals surface area contributed by atoms with Gasteiger partial charge < -0.3 is 19.9 Å². The van der Waals surface area contributed by atoms with E-state index in [1.54, 1.807) is 0 Å². The summed E-state index contributed by atoms with van der Waals surface area (Å²) >= 11 is 0. The molecule has 0 aromatic rings. The van der Waals surface area contributed by atoms with Crippen LogP contribution in [0.3, 0.4) is 0 Å². The molecule has 1 saturated heterocycles. The number of esters is 1. The van der Waals surface area contributed by atoms with Gasteiger partial charge in [0, 0.05) is 20.3 Å². The molecule has 1 fully saturated rings.